The summed E-state index contributed by atoms with van der Waals surface area (Å²) < 4.78 is 31.5. The third-order valence-corrected chi connectivity index (χ3v) is 5.29. The molecule has 1 heterocycles. The number of benzene rings is 2. The van der Waals surface area contributed by atoms with Gasteiger partial charge in [-0.3, -0.25) is 14.5 Å². The van der Waals surface area contributed by atoms with E-state index in [1.54, 1.807) is 25.3 Å². The Balaban J connectivity index is 1.55. The van der Waals surface area contributed by atoms with Gasteiger partial charge in [0.1, 0.15) is 11.6 Å². The molecule has 1 amide bonds. The zero-order valence-electron chi connectivity index (χ0n) is 14.2. The predicted octanol–water partition coefficient (Wildman–Crippen LogP) is 1.44. The number of rotatable bonds is 6. The Hall–Kier alpha value is -2.87. The number of nitrogens with one attached hydrogen (secondary N) is 2. The van der Waals surface area contributed by atoms with E-state index in [0.29, 0.717) is 12.1 Å². The van der Waals surface area contributed by atoms with Crippen LogP contribution in [0.1, 0.15) is 17.5 Å². The molecule has 7 nitrogen and oxygen atoms in total. The Labute approximate surface area is 152 Å². The number of nitrogens with zero attached hydrogens (tertiary/aromatic N) is 1. The van der Waals surface area contributed by atoms with Gasteiger partial charge >= 0.3 is 0 Å². The Morgan fingerprint density at radius 1 is 1.19 bits per heavy atom. The van der Waals surface area contributed by atoms with Gasteiger partial charge in [-0.1, -0.05) is 24.3 Å². The molecule has 2 N–H and O–H groups in total. The van der Waals surface area contributed by atoms with Crippen LogP contribution < -0.4 is 14.8 Å². The van der Waals surface area contributed by atoms with Crippen LogP contribution in [0.2, 0.25) is 0 Å². The van der Waals surface area contributed by atoms with Crippen molar-refractivity contribution < 1.29 is 17.9 Å². The second kappa shape index (κ2) is 7.57. The number of aliphatic imine (C=N–C) groups is 1. The maximum Gasteiger partial charge on any atom is 0.263 e. The highest BCUT2D eigenvalue weighted by Gasteiger charge is 2.29. The molecule has 1 aliphatic heterocycles. The fraction of sp³-hybridized carbons (Fsp3) is 0.222. The standard InChI is InChI=1S/C18H19N3O4S/c1-25-14-6-4-5-13(11-14)12-20-17(22)9-10-19-18-15-7-2-3-8-16(15)26(23,24)21-18/h2-8,11H,9-10,12H2,1H3,(H,19,21)(H,20,22). The van der Waals surface area contributed by atoms with Gasteiger partial charge in [0.15, 0.2) is 0 Å². The molecule has 0 saturated carbocycles. The lowest BCUT2D eigenvalue weighted by Gasteiger charge is -2.06. The largest absolute Gasteiger partial charge is 0.497 e. The topological polar surface area (TPSA) is 96.9 Å². The molecule has 2 aromatic rings. The Morgan fingerprint density at radius 2 is 2.00 bits per heavy atom. The first-order chi connectivity index (χ1) is 12.5. The Bertz CT molecular complexity index is 954. The van der Waals surface area contributed by atoms with Crippen molar-refractivity contribution in [1.29, 1.82) is 0 Å². The summed E-state index contributed by atoms with van der Waals surface area (Å²) in [4.78, 5) is 16.4. The first-order valence-corrected chi connectivity index (χ1v) is 9.54. The molecule has 0 saturated heterocycles. The predicted molar refractivity (Wildman–Crippen MR) is 97.6 cm³/mol. The number of fused-ring (bicyclic) bond motifs is 1. The van der Waals surface area contributed by atoms with Crippen LogP contribution in [0.4, 0.5) is 0 Å². The number of methoxy groups -OCH3 is 1. The van der Waals surface area contributed by atoms with Crippen LogP contribution in [0.5, 0.6) is 5.75 Å². The van der Waals surface area contributed by atoms with Crippen molar-refractivity contribution in [3.8, 4) is 5.75 Å². The van der Waals surface area contributed by atoms with Crippen LogP contribution in [-0.2, 0) is 21.4 Å². The molecular formula is C18H19N3O4S. The number of carbonyl (C=O) groups is 1. The van der Waals surface area contributed by atoms with Crippen molar-refractivity contribution in [2.24, 2.45) is 4.99 Å². The van der Waals surface area contributed by atoms with E-state index in [1.165, 1.54) is 6.07 Å². The minimum absolute atomic E-state index is 0.161. The Morgan fingerprint density at radius 3 is 2.81 bits per heavy atom. The number of sulfonamides is 1. The first kappa shape index (κ1) is 17.9. The lowest BCUT2D eigenvalue weighted by molar-refractivity contribution is -0.121. The lowest BCUT2D eigenvalue weighted by atomic mass is 10.2. The molecular weight excluding hydrogens is 354 g/mol. The third-order valence-electron chi connectivity index (χ3n) is 3.90. The molecule has 0 spiro atoms. The molecule has 1 aliphatic rings. The number of hydrogen-bond donors (Lipinski definition) is 2. The maximum absolute atomic E-state index is 12.0. The van der Waals surface area contributed by atoms with Gasteiger partial charge in [-0.2, -0.15) is 0 Å². The van der Waals surface area contributed by atoms with Crippen LogP contribution in [0.3, 0.4) is 0 Å². The zero-order valence-corrected chi connectivity index (χ0v) is 15.0. The highest BCUT2D eigenvalue weighted by atomic mass is 32.2. The minimum atomic E-state index is -3.55. The minimum Gasteiger partial charge on any atom is -0.497 e. The van der Waals surface area contributed by atoms with Crippen molar-refractivity contribution in [3.05, 3.63) is 59.7 Å². The molecule has 2 aromatic carbocycles. The van der Waals surface area contributed by atoms with Crippen molar-refractivity contribution in [2.45, 2.75) is 17.9 Å². The summed E-state index contributed by atoms with van der Waals surface area (Å²) in [6.07, 6.45) is 0.164. The lowest BCUT2D eigenvalue weighted by Crippen LogP contribution is -2.25. The van der Waals surface area contributed by atoms with Crippen molar-refractivity contribution in [1.82, 2.24) is 10.0 Å². The molecule has 0 radical (unpaired) electrons. The third kappa shape index (κ3) is 4.02. The first-order valence-electron chi connectivity index (χ1n) is 8.06. The quantitative estimate of drug-likeness (QED) is 0.801. The number of ether oxygens (including phenoxy) is 1. The van der Waals surface area contributed by atoms with Gasteiger partial charge in [-0.05, 0) is 29.8 Å². The van der Waals surface area contributed by atoms with Gasteiger partial charge in [0.2, 0.25) is 5.91 Å². The molecule has 0 fully saturated rings. The van der Waals surface area contributed by atoms with Gasteiger partial charge in [-0.25, -0.2) is 8.42 Å². The van der Waals surface area contributed by atoms with Gasteiger partial charge in [0.05, 0.1) is 18.6 Å². The van der Waals surface area contributed by atoms with Crippen LogP contribution >= 0.6 is 0 Å². The van der Waals surface area contributed by atoms with Gasteiger partial charge in [-0.15, -0.1) is 0 Å². The average Bonchev–Trinajstić information content (AvgIpc) is 2.91. The van der Waals surface area contributed by atoms with Crippen LogP contribution in [0.15, 0.2) is 58.4 Å². The molecule has 0 atom stereocenters. The smallest absolute Gasteiger partial charge is 0.263 e. The molecule has 0 unspecified atom stereocenters. The van der Waals surface area contributed by atoms with Gasteiger partial charge in [0, 0.05) is 18.5 Å². The molecule has 26 heavy (non-hydrogen) atoms. The zero-order chi connectivity index (χ0) is 18.6. The summed E-state index contributed by atoms with van der Waals surface area (Å²) in [7, 11) is -1.96. The van der Waals surface area contributed by atoms with Crippen LogP contribution in [-0.4, -0.2) is 33.8 Å². The second-order valence-corrected chi connectivity index (χ2v) is 7.36. The molecule has 3 rings (SSSR count). The van der Waals surface area contributed by atoms with E-state index in [0.717, 1.165) is 11.3 Å². The molecule has 0 bridgehead atoms. The van der Waals surface area contributed by atoms with E-state index in [9.17, 15) is 13.2 Å². The summed E-state index contributed by atoms with van der Waals surface area (Å²) in [6, 6.07) is 14.1. The molecule has 136 valence electrons. The average molecular weight is 373 g/mol. The number of carbonyl (C=O) groups excluding carboxylic acids is 1. The molecule has 0 aliphatic carbocycles. The number of hydrogen-bond acceptors (Lipinski definition) is 5. The Kier molecular flexibility index (Phi) is 5.22. The van der Waals surface area contributed by atoms with E-state index in [1.807, 2.05) is 24.3 Å². The van der Waals surface area contributed by atoms with E-state index in [2.05, 4.69) is 15.0 Å². The van der Waals surface area contributed by atoms with E-state index >= 15 is 0 Å². The summed E-state index contributed by atoms with van der Waals surface area (Å²) in [6.45, 7) is 0.582. The van der Waals surface area contributed by atoms with Crippen molar-refractivity contribution >= 4 is 21.8 Å². The van der Waals surface area contributed by atoms with E-state index in [4.69, 9.17) is 4.74 Å². The fourth-order valence-corrected chi connectivity index (χ4v) is 3.84. The summed E-state index contributed by atoms with van der Waals surface area (Å²) >= 11 is 0. The highest BCUT2D eigenvalue weighted by molar-refractivity contribution is 7.90. The van der Waals surface area contributed by atoms with E-state index in [-0.39, 0.29) is 29.6 Å². The summed E-state index contributed by atoms with van der Waals surface area (Å²) in [5.74, 6) is 0.850. The van der Waals surface area contributed by atoms with Crippen LogP contribution in [0.25, 0.3) is 0 Å². The maximum atomic E-state index is 12.0. The van der Waals surface area contributed by atoms with Crippen molar-refractivity contribution in [2.75, 3.05) is 13.7 Å². The number of amidine groups is 1. The van der Waals surface area contributed by atoms with Gasteiger partial charge in [0.25, 0.3) is 10.0 Å². The fourth-order valence-electron chi connectivity index (χ4n) is 2.59. The van der Waals surface area contributed by atoms with Crippen LogP contribution in [0, 0.1) is 0 Å². The summed E-state index contributed by atoms with van der Waals surface area (Å²) in [5, 5.41) is 2.81. The summed E-state index contributed by atoms with van der Waals surface area (Å²) in [5.41, 5.74) is 1.46. The molecule has 0 aromatic heterocycles. The van der Waals surface area contributed by atoms with E-state index < -0.39 is 10.0 Å². The van der Waals surface area contributed by atoms with Crippen molar-refractivity contribution in [3.63, 3.8) is 0 Å². The van der Waals surface area contributed by atoms with Gasteiger partial charge < -0.3 is 10.1 Å². The normalized spacial score (nSPS) is 16.0. The highest BCUT2D eigenvalue weighted by Crippen LogP contribution is 2.22. The second-order valence-electron chi connectivity index (χ2n) is 5.71. The monoisotopic (exact) mass is 373 g/mol. The molecule has 8 heteroatoms. The number of amides is 1. The SMILES string of the molecule is COc1cccc(CNC(=O)CCN=C2NS(=O)(=O)c3ccccc32)c1.